The minimum atomic E-state index is -1.36. The van der Waals surface area contributed by atoms with Crippen molar-refractivity contribution in [1.29, 1.82) is 0 Å². The third kappa shape index (κ3) is 9.34. The number of aliphatic carboxylic acids is 4. The van der Waals surface area contributed by atoms with Crippen LogP contribution in [0.5, 0.6) is 0 Å². The Bertz CT molecular complexity index is 2440. The smallest absolute Gasteiger partial charge is 0.303 e. The number of aliphatic hydroxyl groups is 1. The molecule has 1 aromatic rings. The third-order valence-electron chi connectivity index (χ3n) is 10.8. The van der Waals surface area contributed by atoms with Crippen LogP contribution >= 0.6 is 0 Å². The fraction of sp³-hybridized carbons (Fsp3) is 0.318. The van der Waals surface area contributed by atoms with Gasteiger partial charge in [0.2, 0.25) is 5.91 Å². The van der Waals surface area contributed by atoms with Gasteiger partial charge in [-0.15, -0.1) is 0 Å². The Morgan fingerprint density at radius 2 is 1.28 bits per heavy atom. The normalized spacial score (nSPS) is 17.9. The van der Waals surface area contributed by atoms with E-state index in [1.54, 1.807) is 44.2 Å². The number of hydrogen-bond acceptors (Lipinski definition) is 10. The van der Waals surface area contributed by atoms with Crippen molar-refractivity contribution in [3.8, 4) is 0 Å². The molecule has 0 saturated heterocycles. The highest BCUT2D eigenvalue weighted by Gasteiger charge is 2.36. The quantitative estimate of drug-likeness (QED) is 0.0867. The largest absolute Gasteiger partial charge is 0.509 e. The van der Waals surface area contributed by atoms with E-state index in [1.807, 2.05) is 13.8 Å². The lowest BCUT2D eigenvalue weighted by atomic mass is 9.89. The summed E-state index contributed by atoms with van der Waals surface area (Å²) in [6.45, 7) is 15.3. The number of hydrogen-bond donors (Lipinski definition) is 8. The van der Waals surface area contributed by atoms with Crippen LogP contribution in [-0.4, -0.2) is 89.5 Å². The maximum atomic E-state index is 13.4. The summed E-state index contributed by atoms with van der Waals surface area (Å²) in [4.78, 5) is 78.4. The summed E-state index contributed by atoms with van der Waals surface area (Å²) in [6.07, 6.45) is 7.00. The molecule has 8 bridgehead atoms. The van der Waals surface area contributed by atoms with Crippen molar-refractivity contribution in [3.63, 3.8) is 0 Å². The topological polar surface area (TPSA) is 277 Å². The molecular formula is C44H48N6O10. The number of amides is 1. The first-order chi connectivity index (χ1) is 28.4. The van der Waals surface area contributed by atoms with Crippen molar-refractivity contribution in [2.24, 2.45) is 20.7 Å². The van der Waals surface area contributed by atoms with Gasteiger partial charge in [0.1, 0.15) is 5.76 Å². The molecule has 0 saturated carbocycles. The molecule has 4 aliphatic heterocycles. The van der Waals surface area contributed by atoms with Crippen LogP contribution in [-0.2, 0) is 30.4 Å². The average Bonchev–Trinajstić information content (AvgIpc) is 3.86. The van der Waals surface area contributed by atoms with Gasteiger partial charge in [-0.05, 0) is 105 Å². The lowest BCUT2D eigenvalue weighted by Gasteiger charge is -2.23. The molecular weight excluding hydrogens is 773 g/mol. The zero-order valence-electron chi connectivity index (χ0n) is 33.8. The summed E-state index contributed by atoms with van der Waals surface area (Å²) >= 11 is 0. The van der Waals surface area contributed by atoms with Crippen LogP contribution in [0.2, 0.25) is 0 Å². The van der Waals surface area contributed by atoms with Crippen LogP contribution in [0, 0.1) is 6.92 Å². The van der Waals surface area contributed by atoms with Gasteiger partial charge in [-0.25, -0.2) is 15.0 Å². The number of carboxylic acids is 4. The Hall–Kier alpha value is -6.94. The standard InChI is InChI=1S/C44H48N6O10/c1-7-24-23(6)41-40(43(59)29(12-16-39(57)58)50-44(60)28(45)11-15-38(55)56)42-25(8-2)20(3)32(48-42)17-30-21(4)26(9-13-36(51)52)34(46-30)19-35-27(10-14-37(53)54)22(5)31(47-35)18-33(24)49-41/h7-8,17-19,28-29,47,59H,1-2,9-16,45H2,3-6H3,(H,50,60)(H,51,52)(H,53,54)(H,55,56)(H,57,58)/t28-,29-/m0/s1. The average molecular weight is 821 g/mol. The van der Waals surface area contributed by atoms with Crippen LogP contribution in [0.4, 0.5) is 0 Å². The van der Waals surface area contributed by atoms with E-state index in [2.05, 4.69) is 23.5 Å². The molecule has 0 fully saturated rings. The van der Waals surface area contributed by atoms with E-state index in [0.29, 0.717) is 73.2 Å². The van der Waals surface area contributed by atoms with Gasteiger partial charge in [0.05, 0.1) is 51.9 Å². The molecule has 2 atom stereocenters. The molecule has 314 valence electrons. The summed E-state index contributed by atoms with van der Waals surface area (Å²) in [7, 11) is 0. The van der Waals surface area contributed by atoms with Gasteiger partial charge in [0.15, 0.2) is 0 Å². The number of nitrogens with one attached hydrogen (secondary N) is 2. The van der Waals surface area contributed by atoms with E-state index >= 15 is 0 Å². The molecule has 1 amide bonds. The number of aromatic nitrogens is 1. The van der Waals surface area contributed by atoms with Crippen molar-refractivity contribution < 1.29 is 49.5 Å². The van der Waals surface area contributed by atoms with E-state index < -0.39 is 60.5 Å². The second-order valence-corrected chi connectivity index (χ2v) is 14.7. The molecule has 0 unspecified atom stereocenters. The summed E-state index contributed by atoms with van der Waals surface area (Å²) < 4.78 is 0. The van der Waals surface area contributed by atoms with Crippen LogP contribution in [0.25, 0.3) is 12.2 Å². The summed E-state index contributed by atoms with van der Waals surface area (Å²) in [5.74, 6) is -5.67. The van der Waals surface area contributed by atoms with Gasteiger partial charge >= 0.3 is 23.9 Å². The van der Waals surface area contributed by atoms with Crippen LogP contribution in [0.1, 0.15) is 88.2 Å². The fourth-order valence-corrected chi connectivity index (χ4v) is 7.46. The highest BCUT2D eigenvalue weighted by molar-refractivity contribution is 6.38. The number of carbonyl (C=O) groups is 5. The Labute approximate surface area is 345 Å². The van der Waals surface area contributed by atoms with Crippen LogP contribution in [0.3, 0.4) is 0 Å². The van der Waals surface area contributed by atoms with Gasteiger partial charge in [-0.2, -0.15) is 0 Å². The van der Waals surface area contributed by atoms with E-state index in [-0.39, 0.29) is 55.5 Å². The zero-order valence-corrected chi connectivity index (χ0v) is 33.8. The van der Waals surface area contributed by atoms with Crippen molar-refractivity contribution in [1.82, 2.24) is 10.3 Å². The molecule has 0 spiro atoms. The Morgan fingerprint density at radius 3 is 1.90 bits per heavy atom. The number of nitrogens with two attached hydrogens (primary N) is 1. The monoisotopic (exact) mass is 820 g/mol. The van der Waals surface area contributed by atoms with E-state index in [0.717, 1.165) is 5.56 Å². The molecule has 0 aromatic carbocycles. The maximum Gasteiger partial charge on any atom is 0.303 e. The van der Waals surface area contributed by atoms with Crippen LogP contribution in [0.15, 0.2) is 108 Å². The second-order valence-electron chi connectivity index (χ2n) is 14.7. The molecule has 5 heterocycles. The predicted molar refractivity (Wildman–Crippen MR) is 226 cm³/mol. The molecule has 4 aliphatic rings. The number of aliphatic imine (C=N–C) groups is 3. The number of H-pyrrole nitrogens is 1. The summed E-state index contributed by atoms with van der Waals surface area (Å²) in [5.41, 5.74) is 14.5. The maximum absolute atomic E-state index is 13.4. The lowest BCUT2D eigenvalue weighted by Crippen LogP contribution is -2.47. The Balaban J connectivity index is 1.86. The first-order valence-corrected chi connectivity index (χ1v) is 19.2. The minimum absolute atomic E-state index is 0.0455. The van der Waals surface area contributed by atoms with Crippen LogP contribution < -0.4 is 11.1 Å². The van der Waals surface area contributed by atoms with Crippen molar-refractivity contribution in [2.45, 2.75) is 91.1 Å². The number of carboxylic acid groups (broad SMARTS) is 4. The highest BCUT2D eigenvalue weighted by atomic mass is 16.4. The molecule has 9 N–H and O–H groups in total. The van der Waals surface area contributed by atoms with E-state index in [9.17, 15) is 44.4 Å². The number of nitrogens with zero attached hydrogens (tertiary/aromatic N) is 3. The summed E-state index contributed by atoms with van der Waals surface area (Å²) in [6, 6.07) is -2.65. The number of carbonyl (C=O) groups excluding carboxylic acids is 1. The lowest BCUT2D eigenvalue weighted by molar-refractivity contribution is -0.138. The van der Waals surface area contributed by atoms with Gasteiger partial charge in [0.25, 0.3) is 0 Å². The van der Waals surface area contributed by atoms with E-state index in [1.165, 1.54) is 0 Å². The van der Waals surface area contributed by atoms with Crippen molar-refractivity contribution in [2.75, 3.05) is 0 Å². The zero-order chi connectivity index (χ0) is 44.2. The number of aliphatic hydroxyl groups excluding tert-OH is 1. The number of allylic oxidation sites excluding steroid dienone is 9. The molecule has 60 heavy (non-hydrogen) atoms. The van der Waals surface area contributed by atoms with Crippen molar-refractivity contribution >= 4 is 59.1 Å². The van der Waals surface area contributed by atoms with Crippen molar-refractivity contribution in [3.05, 3.63) is 116 Å². The van der Waals surface area contributed by atoms with Gasteiger partial charge in [-0.1, -0.05) is 25.3 Å². The fourth-order valence-electron chi connectivity index (χ4n) is 7.46. The molecule has 16 nitrogen and oxygen atoms in total. The number of fused-ring (bicyclic) bond motifs is 5. The molecule has 0 radical (unpaired) electrons. The molecule has 16 heteroatoms. The molecule has 0 aliphatic carbocycles. The van der Waals surface area contributed by atoms with Gasteiger partial charge in [-0.3, -0.25) is 24.0 Å². The summed E-state index contributed by atoms with van der Waals surface area (Å²) in [5, 5.41) is 53.2. The number of aromatic amines is 1. The third-order valence-corrected chi connectivity index (χ3v) is 10.8. The predicted octanol–water partition coefficient (Wildman–Crippen LogP) is 5.82. The SMILES string of the molecule is C=CC1=C(C)C2=NC1=Cc1[nH]c(c(CCC(=O)O)c1C)C=C1N=C(C=C3N=C(C(C=C)=C3C)C2=C(O)[C@H](CCC(=O)O)NC(=O)[C@@H](N)CCC(=O)O)C(C)=C1CCC(=O)O. The molecule has 5 rings (SSSR count). The Morgan fingerprint density at radius 1 is 0.700 bits per heavy atom. The van der Waals surface area contributed by atoms with Gasteiger partial charge < -0.3 is 41.6 Å². The molecule has 1 aromatic heterocycles. The second kappa shape index (κ2) is 18.3. The van der Waals surface area contributed by atoms with E-state index in [4.69, 9.17) is 25.8 Å². The Kier molecular flexibility index (Phi) is 13.5. The first-order valence-electron chi connectivity index (χ1n) is 19.2. The first kappa shape index (κ1) is 44.2. The highest BCUT2D eigenvalue weighted by Crippen LogP contribution is 2.40. The van der Waals surface area contributed by atoms with Gasteiger partial charge in [0, 0.05) is 48.2 Å². The minimum Gasteiger partial charge on any atom is -0.509 e. The number of rotatable bonds is 17.